The molecule has 0 saturated carbocycles. The van der Waals surface area contributed by atoms with E-state index in [-0.39, 0.29) is 5.41 Å². The van der Waals surface area contributed by atoms with E-state index in [1.807, 2.05) is 12.1 Å². The zero-order valence-corrected chi connectivity index (χ0v) is 14.6. The van der Waals surface area contributed by atoms with Gasteiger partial charge in [-0.2, -0.15) is 0 Å². The summed E-state index contributed by atoms with van der Waals surface area (Å²) < 4.78 is 5.29. The number of fused-ring (bicyclic) bond motifs is 1. The van der Waals surface area contributed by atoms with Crippen LogP contribution >= 0.6 is 0 Å². The molecule has 2 aromatic rings. The third kappa shape index (κ3) is 2.61. The Balaban J connectivity index is 2.24. The molecule has 1 aliphatic carbocycles. The number of allylic oxidation sites excluding steroid dienone is 3. The quantitative estimate of drug-likeness (QED) is 0.686. The fraction of sp³-hybridized carbons (Fsp3) is 0.273. The molecule has 0 aliphatic heterocycles. The Morgan fingerprint density at radius 2 is 1.57 bits per heavy atom. The molecule has 118 valence electrons. The number of ether oxygens (including phenoxy) is 1. The van der Waals surface area contributed by atoms with Crippen LogP contribution in [0.2, 0.25) is 0 Å². The van der Waals surface area contributed by atoms with Gasteiger partial charge < -0.3 is 4.74 Å². The second-order valence-corrected chi connectivity index (χ2v) is 6.87. The first-order valence-corrected chi connectivity index (χ1v) is 8.09. The Bertz CT molecular complexity index is 785. The maximum absolute atomic E-state index is 5.29. The van der Waals surface area contributed by atoms with Crippen molar-refractivity contribution >= 4 is 5.57 Å². The third-order valence-electron chi connectivity index (χ3n) is 4.79. The van der Waals surface area contributed by atoms with Crippen molar-refractivity contribution in [2.24, 2.45) is 0 Å². The second-order valence-electron chi connectivity index (χ2n) is 6.87. The lowest BCUT2D eigenvalue weighted by Gasteiger charge is -2.36. The van der Waals surface area contributed by atoms with E-state index in [9.17, 15) is 0 Å². The van der Waals surface area contributed by atoms with Gasteiger partial charge in [-0.15, -0.1) is 0 Å². The molecule has 1 heteroatoms. The van der Waals surface area contributed by atoms with Gasteiger partial charge in [-0.25, -0.2) is 0 Å². The van der Waals surface area contributed by atoms with E-state index in [4.69, 9.17) is 4.74 Å². The van der Waals surface area contributed by atoms with Gasteiger partial charge in [0.1, 0.15) is 5.75 Å². The predicted molar refractivity (Wildman–Crippen MR) is 97.9 cm³/mol. The van der Waals surface area contributed by atoms with Crippen LogP contribution in [-0.2, 0) is 5.41 Å². The summed E-state index contributed by atoms with van der Waals surface area (Å²) in [6, 6.07) is 17.1. The highest BCUT2D eigenvalue weighted by Crippen LogP contribution is 2.45. The van der Waals surface area contributed by atoms with E-state index >= 15 is 0 Å². The topological polar surface area (TPSA) is 9.23 Å². The Morgan fingerprint density at radius 1 is 0.913 bits per heavy atom. The van der Waals surface area contributed by atoms with Gasteiger partial charge in [-0.3, -0.25) is 0 Å². The van der Waals surface area contributed by atoms with Crippen LogP contribution in [0.4, 0.5) is 0 Å². The van der Waals surface area contributed by atoms with Gasteiger partial charge in [0, 0.05) is 5.41 Å². The normalized spacial score (nSPS) is 15.7. The van der Waals surface area contributed by atoms with Gasteiger partial charge in [-0.05, 0) is 59.9 Å². The molecule has 0 spiro atoms. The van der Waals surface area contributed by atoms with Crippen molar-refractivity contribution in [3.8, 4) is 5.75 Å². The molecule has 0 heterocycles. The molecule has 0 N–H and O–H groups in total. The van der Waals surface area contributed by atoms with Crippen LogP contribution in [-0.4, -0.2) is 7.11 Å². The Labute approximate surface area is 139 Å². The minimum atomic E-state index is 0.0331. The molecule has 1 aliphatic rings. The number of hydrogen-bond donors (Lipinski definition) is 0. The van der Waals surface area contributed by atoms with Crippen molar-refractivity contribution in [1.29, 1.82) is 0 Å². The van der Waals surface area contributed by atoms with Crippen LogP contribution in [0.25, 0.3) is 5.57 Å². The SMILES string of the molecule is COc1ccc(C2=CC(=C(C)C)C(C)(C)c3ccccc32)cc1. The molecule has 0 saturated heterocycles. The zero-order chi connectivity index (χ0) is 16.6. The monoisotopic (exact) mass is 304 g/mol. The molecule has 3 rings (SSSR count). The van der Waals surface area contributed by atoms with Gasteiger partial charge in [0.25, 0.3) is 0 Å². The number of hydrogen-bond acceptors (Lipinski definition) is 1. The first kappa shape index (κ1) is 15.6. The fourth-order valence-electron chi connectivity index (χ4n) is 3.59. The first-order chi connectivity index (χ1) is 10.9. The van der Waals surface area contributed by atoms with E-state index < -0.39 is 0 Å². The van der Waals surface area contributed by atoms with Gasteiger partial charge in [0.05, 0.1) is 7.11 Å². The Kier molecular flexibility index (Phi) is 3.89. The van der Waals surface area contributed by atoms with Gasteiger partial charge in [0.2, 0.25) is 0 Å². The Morgan fingerprint density at radius 3 is 2.17 bits per heavy atom. The standard InChI is InChI=1S/C22H24O/c1-15(2)21-14-19(16-10-12-17(23-5)13-11-16)18-8-6-7-9-20(18)22(21,3)4/h6-14H,1-5H3. The summed E-state index contributed by atoms with van der Waals surface area (Å²) >= 11 is 0. The molecule has 0 unspecified atom stereocenters. The molecule has 0 atom stereocenters. The van der Waals surface area contributed by atoms with Crippen LogP contribution in [0.1, 0.15) is 44.4 Å². The van der Waals surface area contributed by atoms with Crippen LogP contribution in [0.5, 0.6) is 5.75 Å². The van der Waals surface area contributed by atoms with Crippen molar-refractivity contribution in [3.63, 3.8) is 0 Å². The lowest BCUT2D eigenvalue weighted by molar-refractivity contribution is 0.415. The largest absolute Gasteiger partial charge is 0.497 e. The van der Waals surface area contributed by atoms with E-state index in [0.29, 0.717) is 0 Å². The van der Waals surface area contributed by atoms with Crippen molar-refractivity contribution < 1.29 is 4.74 Å². The summed E-state index contributed by atoms with van der Waals surface area (Å²) in [7, 11) is 1.70. The summed E-state index contributed by atoms with van der Waals surface area (Å²) in [6.07, 6.45) is 2.36. The van der Waals surface area contributed by atoms with E-state index in [1.165, 1.54) is 33.4 Å². The van der Waals surface area contributed by atoms with E-state index in [2.05, 4.69) is 70.2 Å². The summed E-state index contributed by atoms with van der Waals surface area (Å²) in [5.74, 6) is 0.890. The predicted octanol–water partition coefficient (Wildman–Crippen LogP) is 5.75. The third-order valence-corrected chi connectivity index (χ3v) is 4.79. The van der Waals surface area contributed by atoms with Crippen molar-refractivity contribution in [3.05, 3.63) is 82.4 Å². The van der Waals surface area contributed by atoms with Crippen molar-refractivity contribution in [2.45, 2.75) is 33.1 Å². The maximum Gasteiger partial charge on any atom is 0.118 e. The summed E-state index contributed by atoms with van der Waals surface area (Å²) in [4.78, 5) is 0. The molecule has 2 aromatic carbocycles. The molecule has 1 nitrogen and oxygen atoms in total. The smallest absolute Gasteiger partial charge is 0.118 e. The average Bonchev–Trinajstić information content (AvgIpc) is 2.55. The minimum Gasteiger partial charge on any atom is -0.497 e. The van der Waals surface area contributed by atoms with Crippen molar-refractivity contribution in [2.75, 3.05) is 7.11 Å². The van der Waals surface area contributed by atoms with Crippen molar-refractivity contribution in [1.82, 2.24) is 0 Å². The molecule has 0 amide bonds. The molecule has 0 radical (unpaired) electrons. The lowest BCUT2D eigenvalue weighted by Crippen LogP contribution is -2.25. The van der Waals surface area contributed by atoms with Gasteiger partial charge in [-0.1, -0.05) is 55.8 Å². The first-order valence-electron chi connectivity index (χ1n) is 8.09. The maximum atomic E-state index is 5.29. The number of rotatable bonds is 2. The second kappa shape index (κ2) is 5.73. The minimum absolute atomic E-state index is 0.0331. The average molecular weight is 304 g/mol. The Hall–Kier alpha value is -2.28. The number of benzene rings is 2. The fourth-order valence-corrected chi connectivity index (χ4v) is 3.59. The zero-order valence-electron chi connectivity index (χ0n) is 14.6. The van der Waals surface area contributed by atoms with Gasteiger partial charge >= 0.3 is 0 Å². The summed E-state index contributed by atoms with van der Waals surface area (Å²) in [5.41, 5.74) is 8.05. The van der Waals surface area contributed by atoms with E-state index in [0.717, 1.165) is 5.75 Å². The lowest BCUT2D eigenvalue weighted by atomic mass is 9.68. The summed E-state index contributed by atoms with van der Waals surface area (Å²) in [6.45, 7) is 9.03. The highest BCUT2D eigenvalue weighted by atomic mass is 16.5. The molecule has 0 fully saturated rings. The molecule has 23 heavy (non-hydrogen) atoms. The van der Waals surface area contributed by atoms with Crippen LogP contribution in [0.15, 0.2) is 65.8 Å². The summed E-state index contributed by atoms with van der Waals surface area (Å²) in [5, 5.41) is 0. The van der Waals surface area contributed by atoms with Gasteiger partial charge in [0.15, 0.2) is 0 Å². The molecule has 0 aromatic heterocycles. The highest BCUT2D eigenvalue weighted by molar-refractivity contribution is 5.87. The van der Waals surface area contributed by atoms with E-state index in [1.54, 1.807) is 7.11 Å². The van der Waals surface area contributed by atoms with Crippen LogP contribution in [0, 0.1) is 0 Å². The van der Waals surface area contributed by atoms with Crippen LogP contribution in [0.3, 0.4) is 0 Å². The molecule has 0 bridgehead atoms. The van der Waals surface area contributed by atoms with Crippen LogP contribution < -0.4 is 4.74 Å². The molecular weight excluding hydrogens is 280 g/mol. The highest BCUT2D eigenvalue weighted by Gasteiger charge is 2.32. The molecular formula is C22H24O. The number of methoxy groups -OCH3 is 1.